The fourth-order valence-electron chi connectivity index (χ4n) is 12.1. The number of fused-ring (bicyclic) bond motifs is 4. The number of benzene rings is 6. The molecule has 1 fully saturated rings. The Balaban J connectivity index is 0.000000144. The monoisotopic (exact) mass is 1350 g/mol. The van der Waals surface area contributed by atoms with Gasteiger partial charge in [-0.3, -0.25) is 24.2 Å². The fraction of sp³-hybridized carbons (Fsp3) is 0.268. The lowest BCUT2D eigenvalue weighted by molar-refractivity contribution is 0.0675. The smallest absolute Gasteiger partial charge is 0.277 e. The Morgan fingerprint density at radius 1 is 0.450 bits per heavy atom. The summed E-state index contributed by atoms with van der Waals surface area (Å²) in [5.41, 5.74) is 12.9. The van der Waals surface area contributed by atoms with E-state index in [0.29, 0.717) is 84.0 Å². The van der Waals surface area contributed by atoms with Crippen LogP contribution in [0.4, 0.5) is 24.5 Å². The van der Waals surface area contributed by atoms with E-state index in [4.69, 9.17) is 18.9 Å². The zero-order chi connectivity index (χ0) is 67.9. The van der Waals surface area contributed by atoms with Crippen LogP contribution in [0.1, 0.15) is 145 Å². The lowest BCUT2D eigenvalue weighted by atomic mass is 9.84. The molecule has 0 saturated heterocycles. The first-order chi connectivity index (χ1) is 47.7. The average molecular weight is 1350 g/mol. The molecule has 0 atom stereocenters. The summed E-state index contributed by atoms with van der Waals surface area (Å²) in [5.74, 6) is 2.11. The number of carbonyl (C=O) groups is 4. The lowest BCUT2D eigenvalue weighted by Gasteiger charge is -2.34. The van der Waals surface area contributed by atoms with Crippen molar-refractivity contribution in [2.24, 2.45) is 5.92 Å². The van der Waals surface area contributed by atoms with E-state index in [-0.39, 0.29) is 75.6 Å². The highest BCUT2D eigenvalue weighted by molar-refractivity contribution is 6.08. The molecule has 0 spiro atoms. The number of Topliss-reactive ketones (excluding diaryl/α,β-unsaturated/α-hetero) is 1. The molecule has 4 aromatic heterocycles. The highest BCUT2D eigenvalue weighted by Gasteiger charge is 2.31. The molecule has 10 aromatic rings. The maximum absolute atomic E-state index is 13.5. The second-order valence-electron chi connectivity index (χ2n) is 24.8. The van der Waals surface area contributed by atoms with Gasteiger partial charge in [0.05, 0.1) is 28.2 Å². The first-order valence-corrected chi connectivity index (χ1v) is 33.1. The predicted molar refractivity (Wildman–Crippen MR) is 381 cm³/mol. The van der Waals surface area contributed by atoms with Gasteiger partial charge in [0.1, 0.15) is 55.3 Å². The van der Waals surface area contributed by atoms with Crippen LogP contribution in [0, 0.1) is 37.2 Å². The number of hydrogen-bond donors (Lipinski definition) is 0. The topological polar surface area (TPSA) is 166 Å². The summed E-state index contributed by atoms with van der Waals surface area (Å²) >= 11 is 0. The number of hydrogen-bond acceptors (Lipinski definition) is 12. The number of carbonyl (C=O) groups excluding carboxylic acids is 4. The second kappa shape index (κ2) is 34.0. The summed E-state index contributed by atoms with van der Waals surface area (Å²) in [6.07, 6.45) is 9.91. The maximum atomic E-state index is 13.5. The van der Waals surface area contributed by atoms with E-state index in [1.54, 1.807) is 88.8 Å². The molecule has 0 radical (unpaired) electrons. The Morgan fingerprint density at radius 2 is 1.02 bits per heavy atom. The number of ketones is 1. The second-order valence-corrected chi connectivity index (χ2v) is 24.8. The van der Waals surface area contributed by atoms with Gasteiger partial charge in [-0.05, 0) is 165 Å². The zero-order valence-electron chi connectivity index (χ0n) is 54.7. The summed E-state index contributed by atoms with van der Waals surface area (Å²) < 4.78 is 62.6. The number of rotatable bonds is 16. The lowest BCUT2D eigenvalue weighted by Crippen LogP contribution is -2.42. The largest absolute Gasteiger partial charge is 0.489 e. The van der Waals surface area contributed by atoms with Crippen molar-refractivity contribution in [2.75, 3.05) is 36.0 Å². The Kier molecular flexibility index (Phi) is 24.4. The number of anilines is 2. The molecular weight excluding hydrogens is 1270 g/mol. The van der Waals surface area contributed by atoms with Gasteiger partial charge in [-0.15, -0.1) is 0 Å². The number of halogens is 3. The molecule has 1 saturated carbocycles. The Morgan fingerprint density at radius 3 is 1.65 bits per heavy atom. The molecule has 5 aliphatic rings. The number of ether oxygens (including phenoxy) is 4. The van der Waals surface area contributed by atoms with Gasteiger partial charge in [-0.25, -0.2) is 28.1 Å². The molecule has 3 aliphatic heterocycles. The van der Waals surface area contributed by atoms with Crippen molar-refractivity contribution in [2.45, 2.75) is 113 Å². The van der Waals surface area contributed by atoms with Crippen molar-refractivity contribution in [3.63, 3.8) is 0 Å². The Bertz CT molecular complexity index is 4500. The van der Waals surface area contributed by atoms with Crippen molar-refractivity contribution in [3.05, 3.63) is 296 Å². The van der Waals surface area contributed by atoms with Crippen LogP contribution in [-0.4, -0.2) is 74.5 Å². The first-order valence-electron chi connectivity index (χ1n) is 33.1. The van der Waals surface area contributed by atoms with Crippen LogP contribution in [0.15, 0.2) is 200 Å². The van der Waals surface area contributed by atoms with Crippen LogP contribution >= 0.6 is 0 Å². The Labute approximate surface area is 582 Å². The molecule has 6 aromatic carbocycles. The van der Waals surface area contributed by atoms with Crippen molar-refractivity contribution >= 4 is 34.9 Å². The summed E-state index contributed by atoms with van der Waals surface area (Å²) in [5, 5.41) is 0. The highest BCUT2D eigenvalue weighted by atomic mass is 19.1. The van der Waals surface area contributed by atoms with Gasteiger partial charge in [0.2, 0.25) is 17.6 Å². The van der Waals surface area contributed by atoms with E-state index in [9.17, 15) is 32.3 Å². The molecular formula is C82H82F3N7O8. The number of nitrogens with zero attached hydrogens (tertiary/aromatic N) is 7. The van der Waals surface area contributed by atoms with Crippen LogP contribution in [-0.2, 0) is 52.1 Å². The van der Waals surface area contributed by atoms with Crippen molar-refractivity contribution in [1.29, 1.82) is 0 Å². The third-order valence-electron chi connectivity index (χ3n) is 17.6. The van der Waals surface area contributed by atoms with E-state index in [1.165, 1.54) is 55.2 Å². The standard InChI is InChI=1S/C22H19FN2O2.C22H20N2O2.C20H21FN2O2.C16H14FNO2.2CH4/c1-15-4-2-7-18(12-15)25-11-10-20-19(22(25)26)8-9-21(24-20)27-14-16-5-3-6-17(23)13-16;1-16-7-9-19(10-8-16)24-12-11-18-13-17(14-23-21(18)22(24)25)15-26-20-5-3-2-4-6-20;21-16-6-2-5-15(11-16)13-25-19-8-7-17-18(22-19)9-10-23(20(17)24)12-14-3-1-4-14;17-13-5-2-1-4-11(13)10-20-16-9-8-12-14(18-16)6-3-7-15(12)19;;/h2-9,12-13H,10-11,14H2,1H3;2-10,13-14H,11-12,15H2,1H3;2,5-8,11,14H,1,3-4,9-10,12-13H2;1-2,4-5,8-9H,3,6-7,10H2;2*1H4. The normalized spacial score (nSPS) is 14.2. The molecule has 15 rings (SSSR count). The SMILES string of the molecule is C.C.Cc1ccc(N2CCc3cc(COc4ccccc4)cnc3C2=O)cc1.Cc1cccc(N2CCc3nc(OCc4cccc(F)c4)ccc3C2=O)c1.O=C1CCCc2nc(OCc3ccccc3F)ccc21.O=C1c2ccc(OCc3cccc(F)c3)nc2CCN1CC1CCC1. The molecule has 7 heterocycles. The summed E-state index contributed by atoms with van der Waals surface area (Å²) in [4.78, 5) is 73.3. The first kappa shape index (κ1) is 71.8. The molecule has 18 heteroatoms. The molecule has 0 N–H and O–H groups in total. The highest BCUT2D eigenvalue weighted by Crippen LogP contribution is 2.32. The minimum atomic E-state index is -0.295. The molecule has 0 unspecified atom stereocenters. The summed E-state index contributed by atoms with van der Waals surface area (Å²) in [6.45, 7) is 7.95. The van der Waals surface area contributed by atoms with Gasteiger partial charge in [-0.2, -0.15) is 0 Å². The van der Waals surface area contributed by atoms with Gasteiger partial charge in [-0.1, -0.05) is 112 Å². The molecule has 3 amide bonds. The van der Waals surface area contributed by atoms with E-state index in [2.05, 4.69) is 19.9 Å². The van der Waals surface area contributed by atoms with E-state index < -0.39 is 0 Å². The number of amides is 3. The van der Waals surface area contributed by atoms with Crippen molar-refractivity contribution in [1.82, 2.24) is 24.8 Å². The van der Waals surface area contributed by atoms with Crippen LogP contribution in [0.2, 0.25) is 0 Å². The van der Waals surface area contributed by atoms with Crippen LogP contribution in [0.5, 0.6) is 23.4 Å². The van der Waals surface area contributed by atoms with Crippen LogP contribution < -0.4 is 28.7 Å². The predicted octanol–water partition coefficient (Wildman–Crippen LogP) is 16.7. The minimum Gasteiger partial charge on any atom is -0.489 e. The molecule has 100 heavy (non-hydrogen) atoms. The van der Waals surface area contributed by atoms with Crippen LogP contribution in [0.25, 0.3) is 0 Å². The molecule has 514 valence electrons. The van der Waals surface area contributed by atoms with Gasteiger partial charge in [0.25, 0.3) is 17.7 Å². The van der Waals surface area contributed by atoms with Crippen molar-refractivity contribution < 1.29 is 51.3 Å². The van der Waals surface area contributed by atoms with Gasteiger partial charge >= 0.3 is 0 Å². The summed E-state index contributed by atoms with van der Waals surface area (Å²) in [7, 11) is 0. The van der Waals surface area contributed by atoms with E-state index >= 15 is 0 Å². The van der Waals surface area contributed by atoms with E-state index in [0.717, 1.165) is 101 Å². The number of para-hydroxylation sites is 1. The fourth-order valence-corrected chi connectivity index (χ4v) is 12.1. The number of aryl methyl sites for hydroxylation is 3. The third-order valence-corrected chi connectivity index (χ3v) is 17.6. The quantitative estimate of drug-likeness (QED) is 0.0900. The van der Waals surface area contributed by atoms with Gasteiger partial charge in [0, 0.05) is 97.9 Å². The minimum absolute atomic E-state index is 0. The van der Waals surface area contributed by atoms with Crippen molar-refractivity contribution in [3.8, 4) is 23.4 Å². The molecule has 2 aliphatic carbocycles. The number of pyridine rings is 4. The molecule has 0 bridgehead atoms. The number of aromatic nitrogens is 4. The zero-order valence-corrected chi connectivity index (χ0v) is 54.7. The van der Waals surface area contributed by atoms with Crippen LogP contribution in [0.3, 0.4) is 0 Å². The van der Waals surface area contributed by atoms with Gasteiger partial charge < -0.3 is 33.6 Å². The Hall–Kier alpha value is -11.0. The average Bonchev–Trinajstić information content (AvgIpc) is 0.805. The van der Waals surface area contributed by atoms with E-state index in [1.807, 2.05) is 110 Å². The molecule has 15 nitrogen and oxygen atoms in total. The maximum Gasteiger partial charge on any atom is 0.277 e. The third kappa shape index (κ3) is 18.4. The summed E-state index contributed by atoms with van der Waals surface area (Å²) in [6, 6.07) is 57.1. The van der Waals surface area contributed by atoms with Gasteiger partial charge in [0.15, 0.2) is 5.78 Å².